The van der Waals surface area contributed by atoms with Crippen molar-refractivity contribution in [1.29, 1.82) is 0 Å². The van der Waals surface area contributed by atoms with Crippen molar-refractivity contribution in [2.24, 2.45) is 35.3 Å². The Hall–Kier alpha value is -0.830. The van der Waals surface area contributed by atoms with Crippen LogP contribution in [-0.2, 0) is 4.79 Å². The Morgan fingerprint density at radius 2 is 1.80 bits per heavy atom. The minimum absolute atomic E-state index is 0.102. The summed E-state index contributed by atoms with van der Waals surface area (Å²) in [5.41, 5.74) is 7.14. The molecule has 1 aliphatic heterocycles. The largest absolute Gasteiger partial charge is 0.338 e. The Bertz CT molecular complexity index is 414. The standard InChI is InChI=1S/C17H26N2O/c18-10-16(20)19-3-1-13(2-4-19)17-14-6-11-5-12(8-14)9-15(17)7-11/h1,11-12,14-15,17H,2-10,18H2. The van der Waals surface area contributed by atoms with Crippen molar-refractivity contribution in [2.75, 3.05) is 19.6 Å². The molecule has 4 saturated carbocycles. The maximum atomic E-state index is 11.7. The lowest BCUT2D eigenvalue weighted by atomic mass is 9.50. The van der Waals surface area contributed by atoms with Gasteiger partial charge >= 0.3 is 0 Å². The van der Waals surface area contributed by atoms with Crippen molar-refractivity contribution in [2.45, 2.75) is 38.5 Å². The number of rotatable bonds is 2. The van der Waals surface area contributed by atoms with E-state index in [0.717, 1.165) is 49.1 Å². The van der Waals surface area contributed by atoms with E-state index in [1.807, 2.05) is 4.90 Å². The molecular weight excluding hydrogens is 248 g/mol. The second kappa shape index (κ2) is 4.87. The van der Waals surface area contributed by atoms with Crippen molar-refractivity contribution < 1.29 is 4.79 Å². The van der Waals surface area contributed by atoms with Gasteiger partial charge in [-0.25, -0.2) is 0 Å². The van der Waals surface area contributed by atoms with Crippen molar-refractivity contribution in [3.05, 3.63) is 11.6 Å². The smallest absolute Gasteiger partial charge is 0.236 e. The quantitative estimate of drug-likeness (QED) is 0.785. The maximum absolute atomic E-state index is 11.7. The summed E-state index contributed by atoms with van der Waals surface area (Å²) in [4.78, 5) is 13.6. The molecule has 110 valence electrons. The van der Waals surface area contributed by atoms with Crippen molar-refractivity contribution >= 4 is 5.91 Å². The van der Waals surface area contributed by atoms with Crippen LogP contribution in [0.5, 0.6) is 0 Å². The molecule has 0 atom stereocenters. The van der Waals surface area contributed by atoms with E-state index in [1.54, 1.807) is 5.57 Å². The molecule has 0 aromatic rings. The molecule has 4 bridgehead atoms. The monoisotopic (exact) mass is 274 g/mol. The van der Waals surface area contributed by atoms with Gasteiger partial charge in [-0.15, -0.1) is 0 Å². The van der Waals surface area contributed by atoms with Crippen LogP contribution in [-0.4, -0.2) is 30.4 Å². The average Bonchev–Trinajstić information content (AvgIpc) is 2.46. The highest BCUT2D eigenvalue weighted by atomic mass is 16.2. The molecule has 3 nitrogen and oxygen atoms in total. The fourth-order valence-corrected chi connectivity index (χ4v) is 5.87. The Morgan fingerprint density at radius 1 is 1.15 bits per heavy atom. The van der Waals surface area contributed by atoms with Crippen LogP contribution < -0.4 is 5.73 Å². The number of hydrogen-bond acceptors (Lipinski definition) is 2. The third kappa shape index (κ3) is 2.02. The number of carbonyl (C=O) groups is 1. The fraction of sp³-hybridized carbons (Fsp3) is 0.824. The molecule has 0 radical (unpaired) electrons. The average molecular weight is 274 g/mol. The lowest BCUT2D eigenvalue weighted by Crippen LogP contribution is -2.47. The van der Waals surface area contributed by atoms with Gasteiger partial charge in [-0.05, 0) is 68.1 Å². The summed E-state index contributed by atoms with van der Waals surface area (Å²) in [7, 11) is 0. The maximum Gasteiger partial charge on any atom is 0.236 e. The molecule has 2 N–H and O–H groups in total. The zero-order chi connectivity index (χ0) is 13.7. The van der Waals surface area contributed by atoms with Crippen LogP contribution in [0.4, 0.5) is 0 Å². The van der Waals surface area contributed by atoms with Gasteiger partial charge in [0.05, 0.1) is 6.54 Å². The predicted molar refractivity (Wildman–Crippen MR) is 78.9 cm³/mol. The summed E-state index contributed by atoms with van der Waals surface area (Å²) in [6, 6.07) is 0. The Kier molecular flexibility index (Phi) is 3.13. The molecule has 0 unspecified atom stereocenters. The lowest BCUT2D eigenvalue weighted by molar-refractivity contribution is -0.129. The number of amides is 1. The molecule has 0 aromatic heterocycles. The predicted octanol–water partition coefficient (Wildman–Crippen LogP) is 2.18. The molecule has 0 spiro atoms. The van der Waals surface area contributed by atoms with E-state index in [1.165, 1.54) is 32.1 Å². The number of nitrogens with zero attached hydrogens (tertiary/aromatic N) is 1. The second-order valence-electron chi connectivity index (χ2n) is 7.53. The summed E-state index contributed by atoms with van der Waals surface area (Å²) < 4.78 is 0. The SMILES string of the molecule is NCC(=O)N1CC=C(C2C3CC4CC(C3)CC2C4)CC1. The van der Waals surface area contributed by atoms with Crippen LogP contribution in [0.3, 0.4) is 0 Å². The van der Waals surface area contributed by atoms with Crippen LogP contribution in [0.1, 0.15) is 38.5 Å². The van der Waals surface area contributed by atoms with Gasteiger partial charge in [-0.2, -0.15) is 0 Å². The first-order valence-electron chi connectivity index (χ1n) is 8.41. The van der Waals surface area contributed by atoms with E-state index in [4.69, 9.17) is 5.73 Å². The first kappa shape index (κ1) is 12.9. The highest BCUT2D eigenvalue weighted by Gasteiger charge is 2.49. The van der Waals surface area contributed by atoms with Crippen LogP contribution in [0.2, 0.25) is 0 Å². The summed E-state index contributed by atoms with van der Waals surface area (Å²) in [6.45, 7) is 1.85. The summed E-state index contributed by atoms with van der Waals surface area (Å²) in [5, 5.41) is 0. The van der Waals surface area contributed by atoms with Crippen LogP contribution in [0, 0.1) is 29.6 Å². The third-order valence-electron chi connectivity index (χ3n) is 6.43. The van der Waals surface area contributed by atoms with E-state index >= 15 is 0 Å². The van der Waals surface area contributed by atoms with E-state index in [-0.39, 0.29) is 12.5 Å². The van der Waals surface area contributed by atoms with Crippen LogP contribution in [0.25, 0.3) is 0 Å². The van der Waals surface area contributed by atoms with Crippen LogP contribution >= 0.6 is 0 Å². The molecule has 3 heteroatoms. The Labute approximate surface area is 121 Å². The van der Waals surface area contributed by atoms with Gasteiger partial charge in [-0.1, -0.05) is 11.6 Å². The van der Waals surface area contributed by atoms with Gasteiger partial charge in [0, 0.05) is 13.1 Å². The molecule has 4 fully saturated rings. The molecule has 1 amide bonds. The molecule has 5 aliphatic rings. The fourth-order valence-electron chi connectivity index (χ4n) is 5.87. The zero-order valence-electron chi connectivity index (χ0n) is 12.3. The highest BCUT2D eigenvalue weighted by molar-refractivity contribution is 5.78. The van der Waals surface area contributed by atoms with E-state index in [2.05, 4.69) is 6.08 Å². The van der Waals surface area contributed by atoms with E-state index in [9.17, 15) is 4.79 Å². The molecular formula is C17H26N2O. The first-order chi connectivity index (χ1) is 9.74. The van der Waals surface area contributed by atoms with Gasteiger partial charge in [-0.3, -0.25) is 4.79 Å². The summed E-state index contributed by atoms with van der Waals surface area (Å²) in [5.74, 6) is 4.99. The number of carbonyl (C=O) groups excluding carboxylic acids is 1. The van der Waals surface area contributed by atoms with Gasteiger partial charge in [0.1, 0.15) is 0 Å². The molecule has 0 saturated heterocycles. The Balaban J connectivity index is 1.49. The highest BCUT2D eigenvalue weighted by Crippen LogP contribution is 2.58. The van der Waals surface area contributed by atoms with Gasteiger partial charge in [0.2, 0.25) is 5.91 Å². The van der Waals surface area contributed by atoms with Gasteiger partial charge in [0.25, 0.3) is 0 Å². The lowest BCUT2D eigenvalue weighted by Gasteiger charge is -2.55. The molecule has 0 aromatic carbocycles. The van der Waals surface area contributed by atoms with Gasteiger partial charge < -0.3 is 10.6 Å². The third-order valence-corrected chi connectivity index (χ3v) is 6.43. The number of hydrogen-bond donors (Lipinski definition) is 1. The van der Waals surface area contributed by atoms with Crippen molar-refractivity contribution in [3.63, 3.8) is 0 Å². The molecule has 1 heterocycles. The normalized spacial score (nSPS) is 42.8. The van der Waals surface area contributed by atoms with Gasteiger partial charge in [0.15, 0.2) is 0 Å². The molecule has 4 aliphatic carbocycles. The van der Waals surface area contributed by atoms with Crippen LogP contribution in [0.15, 0.2) is 11.6 Å². The number of nitrogens with two attached hydrogens (primary N) is 1. The topological polar surface area (TPSA) is 46.3 Å². The minimum Gasteiger partial charge on any atom is -0.338 e. The Morgan fingerprint density at radius 3 is 2.30 bits per heavy atom. The molecule has 20 heavy (non-hydrogen) atoms. The minimum atomic E-state index is 0.102. The first-order valence-corrected chi connectivity index (χ1v) is 8.41. The van der Waals surface area contributed by atoms with E-state index in [0.29, 0.717) is 0 Å². The zero-order valence-corrected chi connectivity index (χ0v) is 12.3. The van der Waals surface area contributed by atoms with Crippen molar-refractivity contribution in [1.82, 2.24) is 4.90 Å². The van der Waals surface area contributed by atoms with E-state index < -0.39 is 0 Å². The molecule has 5 rings (SSSR count). The van der Waals surface area contributed by atoms with Crippen molar-refractivity contribution in [3.8, 4) is 0 Å². The second-order valence-corrected chi connectivity index (χ2v) is 7.53. The summed E-state index contributed by atoms with van der Waals surface area (Å²) >= 11 is 0. The summed E-state index contributed by atoms with van der Waals surface area (Å²) in [6.07, 6.45) is 10.9.